The van der Waals surface area contributed by atoms with Gasteiger partial charge in [-0.1, -0.05) is 23.7 Å². The summed E-state index contributed by atoms with van der Waals surface area (Å²) in [6.07, 6.45) is 0. The highest BCUT2D eigenvalue weighted by Crippen LogP contribution is 2.30. The Morgan fingerprint density at radius 2 is 2.00 bits per heavy atom. The smallest absolute Gasteiger partial charge is 0.128 e. The Labute approximate surface area is 162 Å². The molecule has 4 nitrogen and oxygen atoms in total. The van der Waals surface area contributed by atoms with Gasteiger partial charge in [0.05, 0.1) is 35.9 Å². The van der Waals surface area contributed by atoms with Crippen molar-refractivity contribution in [1.82, 2.24) is 14.5 Å². The summed E-state index contributed by atoms with van der Waals surface area (Å²) in [5.41, 5.74) is 5.22. The van der Waals surface area contributed by atoms with Crippen LogP contribution in [0.15, 0.2) is 47.5 Å². The lowest BCUT2D eigenvalue weighted by Crippen LogP contribution is -2.16. The molecule has 138 valence electrons. The van der Waals surface area contributed by atoms with Gasteiger partial charge in [-0.3, -0.25) is 9.56 Å². The van der Waals surface area contributed by atoms with Gasteiger partial charge in [-0.2, -0.15) is 0 Å². The monoisotopic (exact) mass is 382 g/mol. The van der Waals surface area contributed by atoms with Gasteiger partial charge >= 0.3 is 0 Å². The predicted octanol–water partition coefficient (Wildman–Crippen LogP) is 4.39. The normalized spacial score (nSPS) is 13.2. The summed E-state index contributed by atoms with van der Waals surface area (Å²) in [7, 11) is 4.01. The first-order valence-electron chi connectivity index (χ1n) is 8.76. The van der Waals surface area contributed by atoms with Crippen molar-refractivity contribution in [3.8, 4) is 5.69 Å². The molecule has 0 saturated heterocycles. The van der Waals surface area contributed by atoms with Crippen molar-refractivity contribution in [3.63, 3.8) is 0 Å². The van der Waals surface area contributed by atoms with Gasteiger partial charge in [-0.15, -0.1) is 0 Å². The SMILES string of the molecule is Cc1nc(CN(C)C)n2c1CN=C(c1cccc(Cl)c1)c1cc(F)ccc1-2. The lowest BCUT2D eigenvalue weighted by molar-refractivity contribution is 0.387. The Bertz CT molecular complexity index is 1050. The second kappa shape index (κ2) is 6.91. The zero-order chi connectivity index (χ0) is 19.1. The van der Waals surface area contributed by atoms with Crippen molar-refractivity contribution in [2.75, 3.05) is 14.1 Å². The van der Waals surface area contributed by atoms with Gasteiger partial charge < -0.3 is 4.90 Å². The molecule has 0 atom stereocenters. The fraction of sp³-hybridized carbons (Fsp3) is 0.238. The van der Waals surface area contributed by atoms with E-state index in [1.54, 1.807) is 12.1 Å². The molecule has 1 aliphatic rings. The molecule has 0 N–H and O–H groups in total. The van der Waals surface area contributed by atoms with E-state index < -0.39 is 0 Å². The van der Waals surface area contributed by atoms with Gasteiger partial charge in [-0.05, 0) is 51.4 Å². The van der Waals surface area contributed by atoms with Crippen molar-refractivity contribution < 1.29 is 4.39 Å². The van der Waals surface area contributed by atoms with Crippen LogP contribution in [0.25, 0.3) is 5.69 Å². The van der Waals surface area contributed by atoms with Crippen LogP contribution in [0.3, 0.4) is 0 Å². The number of imidazole rings is 1. The van der Waals surface area contributed by atoms with Gasteiger partial charge in [0.25, 0.3) is 0 Å². The minimum absolute atomic E-state index is 0.294. The number of aliphatic imine (C=N–C) groups is 1. The second-order valence-electron chi connectivity index (χ2n) is 6.97. The Hall–Kier alpha value is -2.50. The van der Waals surface area contributed by atoms with Crippen LogP contribution >= 0.6 is 11.6 Å². The molecule has 27 heavy (non-hydrogen) atoms. The van der Waals surface area contributed by atoms with E-state index in [2.05, 4.69) is 9.47 Å². The highest BCUT2D eigenvalue weighted by atomic mass is 35.5. The highest BCUT2D eigenvalue weighted by Gasteiger charge is 2.24. The molecule has 3 aromatic rings. The molecule has 4 rings (SSSR count). The first-order valence-corrected chi connectivity index (χ1v) is 9.14. The number of hydrogen-bond acceptors (Lipinski definition) is 3. The molecule has 0 radical (unpaired) electrons. The Morgan fingerprint density at radius 1 is 1.19 bits per heavy atom. The van der Waals surface area contributed by atoms with Crippen LogP contribution in [-0.4, -0.2) is 34.3 Å². The maximum absolute atomic E-state index is 14.2. The quantitative estimate of drug-likeness (QED) is 0.673. The number of fused-ring (bicyclic) bond motifs is 3. The fourth-order valence-electron chi connectivity index (χ4n) is 3.50. The summed E-state index contributed by atoms with van der Waals surface area (Å²) in [6, 6.07) is 12.3. The third-order valence-electron chi connectivity index (χ3n) is 4.64. The van der Waals surface area contributed by atoms with Crippen LogP contribution < -0.4 is 0 Å². The van der Waals surface area contributed by atoms with Crippen molar-refractivity contribution in [2.45, 2.75) is 20.0 Å². The number of benzene rings is 2. The highest BCUT2D eigenvalue weighted by molar-refractivity contribution is 6.31. The molecule has 0 saturated carbocycles. The van der Waals surface area contributed by atoms with E-state index in [-0.39, 0.29) is 5.82 Å². The zero-order valence-electron chi connectivity index (χ0n) is 15.5. The van der Waals surface area contributed by atoms with Crippen LogP contribution in [0.5, 0.6) is 0 Å². The number of aromatic nitrogens is 2. The number of hydrogen-bond donors (Lipinski definition) is 0. The molecule has 1 aromatic heterocycles. The standard InChI is InChI=1S/C21H20ClFN4/c1-13-19-11-24-21(14-5-4-6-15(22)9-14)17-10-16(23)7-8-18(17)27(19)20(25-13)12-26(2)3/h4-10H,11-12H2,1-3H3. The van der Waals surface area contributed by atoms with Crippen molar-refractivity contribution in [1.29, 1.82) is 0 Å². The van der Waals surface area contributed by atoms with Crippen LogP contribution in [0.2, 0.25) is 5.02 Å². The van der Waals surface area contributed by atoms with Crippen LogP contribution in [-0.2, 0) is 13.1 Å². The molecule has 0 spiro atoms. The Kier molecular flexibility index (Phi) is 4.58. The molecule has 2 heterocycles. The third kappa shape index (κ3) is 3.29. The van der Waals surface area contributed by atoms with Crippen molar-refractivity contribution in [2.24, 2.45) is 4.99 Å². The molecular weight excluding hydrogens is 363 g/mol. The Balaban J connectivity index is 1.97. The molecule has 0 unspecified atom stereocenters. The van der Waals surface area contributed by atoms with E-state index in [0.29, 0.717) is 18.1 Å². The number of rotatable bonds is 3. The van der Waals surface area contributed by atoms with E-state index in [9.17, 15) is 4.39 Å². The van der Waals surface area contributed by atoms with Crippen LogP contribution in [0.1, 0.15) is 28.3 Å². The number of aryl methyl sites for hydroxylation is 1. The summed E-state index contributed by atoms with van der Waals surface area (Å²) < 4.78 is 16.3. The van der Waals surface area contributed by atoms with E-state index in [0.717, 1.165) is 39.7 Å². The minimum Gasteiger partial charge on any atom is -0.302 e. The van der Waals surface area contributed by atoms with Crippen molar-refractivity contribution >= 4 is 17.3 Å². The van der Waals surface area contributed by atoms with E-state index in [1.807, 2.05) is 45.3 Å². The lowest BCUT2D eigenvalue weighted by atomic mass is 10.0. The van der Waals surface area contributed by atoms with Gasteiger partial charge in [0.1, 0.15) is 11.6 Å². The van der Waals surface area contributed by atoms with E-state index in [4.69, 9.17) is 21.6 Å². The molecule has 0 amide bonds. The third-order valence-corrected chi connectivity index (χ3v) is 4.87. The van der Waals surface area contributed by atoms with Gasteiger partial charge in [0, 0.05) is 16.1 Å². The molecule has 0 aliphatic carbocycles. The first kappa shape index (κ1) is 17.9. The molecule has 2 aromatic carbocycles. The average Bonchev–Trinajstić information content (AvgIpc) is 2.81. The molecular formula is C21H20ClFN4. The number of nitrogens with zero attached hydrogens (tertiary/aromatic N) is 4. The maximum atomic E-state index is 14.2. The topological polar surface area (TPSA) is 33.4 Å². The van der Waals surface area contributed by atoms with Crippen molar-refractivity contribution in [3.05, 3.63) is 81.6 Å². The summed E-state index contributed by atoms with van der Waals surface area (Å²) in [5.74, 6) is 0.626. The van der Waals surface area contributed by atoms with Crippen LogP contribution in [0.4, 0.5) is 4.39 Å². The molecule has 0 fully saturated rings. The molecule has 1 aliphatic heterocycles. The van der Waals surface area contributed by atoms with Gasteiger partial charge in [0.15, 0.2) is 0 Å². The second-order valence-corrected chi connectivity index (χ2v) is 7.41. The fourth-order valence-corrected chi connectivity index (χ4v) is 3.69. The summed E-state index contributed by atoms with van der Waals surface area (Å²) in [4.78, 5) is 11.6. The van der Waals surface area contributed by atoms with Gasteiger partial charge in [0.2, 0.25) is 0 Å². The zero-order valence-corrected chi connectivity index (χ0v) is 16.3. The van der Waals surface area contributed by atoms with E-state index in [1.165, 1.54) is 6.07 Å². The lowest BCUT2D eigenvalue weighted by Gasteiger charge is -2.16. The summed E-state index contributed by atoms with van der Waals surface area (Å²) in [6.45, 7) is 3.16. The Morgan fingerprint density at radius 3 is 2.74 bits per heavy atom. The van der Waals surface area contributed by atoms with Gasteiger partial charge in [-0.25, -0.2) is 9.37 Å². The summed E-state index contributed by atoms with van der Waals surface area (Å²) >= 11 is 6.19. The van der Waals surface area contributed by atoms with Crippen LogP contribution in [0, 0.1) is 12.7 Å². The first-order chi connectivity index (χ1) is 12.9. The predicted molar refractivity (Wildman–Crippen MR) is 106 cm³/mol. The molecule has 6 heteroatoms. The maximum Gasteiger partial charge on any atom is 0.128 e. The molecule has 0 bridgehead atoms. The number of halogens is 2. The minimum atomic E-state index is -0.294. The largest absolute Gasteiger partial charge is 0.302 e. The van der Waals surface area contributed by atoms with E-state index >= 15 is 0 Å². The average molecular weight is 383 g/mol. The summed E-state index contributed by atoms with van der Waals surface area (Å²) in [5, 5.41) is 0.628.